The number of nitrogens with zero attached hydrogens (tertiary/aromatic N) is 5. The summed E-state index contributed by atoms with van der Waals surface area (Å²) in [4.78, 5) is 18.2. The molecule has 1 amide bonds. The molecule has 3 aromatic rings. The predicted octanol–water partition coefficient (Wildman–Crippen LogP) is 3.03. The van der Waals surface area contributed by atoms with E-state index in [2.05, 4.69) is 15.2 Å². The summed E-state index contributed by atoms with van der Waals surface area (Å²) in [7, 11) is 3.70. The number of pyridine rings is 1. The van der Waals surface area contributed by atoms with Crippen molar-refractivity contribution in [2.24, 2.45) is 7.05 Å². The third kappa shape index (κ3) is 4.89. The molecule has 0 bridgehead atoms. The Morgan fingerprint density at radius 2 is 1.86 bits per heavy atom. The summed E-state index contributed by atoms with van der Waals surface area (Å²) in [6.45, 7) is 3.14. The van der Waals surface area contributed by atoms with Crippen molar-refractivity contribution in [1.82, 2.24) is 24.6 Å². The van der Waals surface area contributed by atoms with Crippen LogP contribution in [-0.2, 0) is 18.4 Å². The number of amides is 1. The SMILES string of the molecule is CCOc1ccc(CN(C)C(=O)CSc2nnc(-c3ccncc3)n2C)cc1. The van der Waals surface area contributed by atoms with Crippen molar-refractivity contribution in [3.8, 4) is 17.1 Å². The maximum absolute atomic E-state index is 12.5. The van der Waals surface area contributed by atoms with Crippen molar-refractivity contribution in [3.63, 3.8) is 0 Å². The van der Waals surface area contributed by atoms with E-state index in [1.54, 1.807) is 24.3 Å². The molecular weight excluding hydrogens is 374 g/mol. The predicted molar refractivity (Wildman–Crippen MR) is 109 cm³/mol. The smallest absolute Gasteiger partial charge is 0.233 e. The largest absolute Gasteiger partial charge is 0.494 e. The van der Waals surface area contributed by atoms with Crippen molar-refractivity contribution in [2.75, 3.05) is 19.4 Å². The van der Waals surface area contributed by atoms with Crippen LogP contribution in [-0.4, -0.2) is 50.0 Å². The molecule has 8 heteroatoms. The topological polar surface area (TPSA) is 73.1 Å². The van der Waals surface area contributed by atoms with Gasteiger partial charge < -0.3 is 14.2 Å². The van der Waals surface area contributed by atoms with Gasteiger partial charge in [-0.2, -0.15) is 0 Å². The highest BCUT2D eigenvalue weighted by Crippen LogP contribution is 2.22. The van der Waals surface area contributed by atoms with E-state index >= 15 is 0 Å². The summed E-state index contributed by atoms with van der Waals surface area (Å²) in [5.41, 5.74) is 2.00. The molecule has 0 fully saturated rings. The molecule has 3 rings (SSSR count). The molecule has 0 aliphatic carbocycles. The van der Waals surface area contributed by atoms with E-state index in [-0.39, 0.29) is 5.91 Å². The summed E-state index contributed by atoms with van der Waals surface area (Å²) >= 11 is 1.38. The van der Waals surface area contributed by atoms with E-state index in [1.165, 1.54) is 11.8 Å². The van der Waals surface area contributed by atoms with Crippen LogP contribution in [0.15, 0.2) is 53.9 Å². The molecule has 2 aromatic heterocycles. The van der Waals surface area contributed by atoms with Crippen molar-refractivity contribution >= 4 is 17.7 Å². The molecular formula is C20H23N5O2S. The highest BCUT2D eigenvalue weighted by atomic mass is 32.2. The first kappa shape index (κ1) is 19.9. The second-order valence-electron chi connectivity index (χ2n) is 6.22. The molecule has 0 aliphatic heterocycles. The third-order valence-corrected chi connectivity index (χ3v) is 5.18. The summed E-state index contributed by atoms with van der Waals surface area (Å²) in [6, 6.07) is 11.6. The number of aromatic nitrogens is 4. The van der Waals surface area contributed by atoms with Crippen molar-refractivity contribution < 1.29 is 9.53 Å². The lowest BCUT2D eigenvalue weighted by atomic mass is 10.2. The molecule has 0 N–H and O–H groups in total. The van der Waals surface area contributed by atoms with Gasteiger partial charge in [0.05, 0.1) is 12.4 Å². The van der Waals surface area contributed by atoms with Gasteiger partial charge in [-0.1, -0.05) is 23.9 Å². The lowest BCUT2D eigenvalue weighted by Gasteiger charge is -2.17. The van der Waals surface area contributed by atoms with E-state index in [0.29, 0.717) is 24.1 Å². The maximum atomic E-state index is 12.5. The first-order chi connectivity index (χ1) is 13.6. The van der Waals surface area contributed by atoms with Crippen molar-refractivity contribution in [3.05, 3.63) is 54.4 Å². The molecule has 0 saturated carbocycles. The third-order valence-electron chi connectivity index (χ3n) is 4.18. The van der Waals surface area contributed by atoms with Crippen LogP contribution < -0.4 is 4.74 Å². The van der Waals surface area contributed by atoms with Crippen LogP contribution in [0.4, 0.5) is 0 Å². The molecule has 146 valence electrons. The maximum Gasteiger partial charge on any atom is 0.233 e. The Hall–Kier alpha value is -2.87. The number of rotatable bonds is 8. The lowest BCUT2D eigenvalue weighted by Crippen LogP contribution is -2.27. The number of carbonyl (C=O) groups is 1. The Labute approximate surface area is 168 Å². The van der Waals surface area contributed by atoms with Crippen LogP contribution in [0.5, 0.6) is 5.75 Å². The van der Waals surface area contributed by atoms with E-state index in [9.17, 15) is 4.79 Å². The van der Waals surface area contributed by atoms with E-state index in [0.717, 1.165) is 22.7 Å². The number of carbonyl (C=O) groups excluding carboxylic acids is 1. The quantitative estimate of drug-likeness (QED) is 0.544. The summed E-state index contributed by atoms with van der Waals surface area (Å²) in [6.07, 6.45) is 3.44. The van der Waals surface area contributed by atoms with Gasteiger partial charge in [-0.25, -0.2) is 0 Å². The fourth-order valence-electron chi connectivity index (χ4n) is 2.65. The minimum absolute atomic E-state index is 0.0346. The van der Waals surface area contributed by atoms with E-state index < -0.39 is 0 Å². The first-order valence-corrected chi connectivity index (χ1v) is 9.95. The molecule has 2 heterocycles. The highest BCUT2D eigenvalue weighted by molar-refractivity contribution is 7.99. The zero-order valence-electron chi connectivity index (χ0n) is 16.2. The standard InChI is InChI=1S/C20H23N5O2S/c1-4-27-17-7-5-15(6-8-17)13-24(2)18(26)14-28-20-23-22-19(25(20)3)16-9-11-21-12-10-16/h5-12H,4,13-14H2,1-3H3. The highest BCUT2D eigenvalue weighted by Gasteiger charge is 2.15. The number of thioether (sulfide) groups is 1. The van der Waals surface area contributed by atoms with E-state index in [4.69, 9.17) is 4.74 Å². The molecule has 0 saturated heterocycles. The molecule has 0 atom stereocenters. The fraction of sp³-hybridized carbons (Fsp3) is 0.300. The minimum atomic E-state index is 0.0346. The number of ether oxygens (including phenoxy) is 1. The Kier molecular flexibility index (Phi) is 6.65. The van der Waals surface area contributed by atoms with Crippen LogP contribution in [0.2, 0.25) is 0 Å². The van der Waals surface area contributed by atoms with Crippen LogP contribution in [0.25, 0.3) is 11.4 Å². The Balaban J connectivity index is 1.56. The molecule has 0 spiro atoms. The Morgan fingerprint density at radius 1 is 1.14 bits per heavy atom. The zero-order chi connectivity index (χ0) is 19.9. The van der Waals surface area contributed by atoms with Crippen molar-refractivity contribution in [1.29, 1.82) is 0 Å². The summed E-state index contributed by atoms with van der Waals surface area (Å²) in [5, 5.41) is 9.14. The van der Waals surface area contributed by atoms with E-state index in [1.807, 2.05) is 54.9 Å². The number of hydrogen-bond donors (Lipinski definition) is 0. The van der Waals surface area contributed by atoms with Crippen molar-refractivity contribution in [2.45, 2.75) is 18.6 Å². The molecule has 1 aromatic carbocycles. The summed E-state index contributed by atoms with van der Waals surface area (Å²) < 4.78 is 7.33. The van der Waals surface area contributed by atoms with Crippen LogP contribution in [0.3, 0.4) is 0 Å². The second-order valence-corrected chi connectivity index (χ2v) is 7.16. The number of benzene rings is 1. The average Bonchev–Trinajstić information content (AvgIpc) is 3.09. The Morgan fingerprint density at radius 3 is 2.54 bits per heavy atom. The van der Waals surface area contributed by atoms with Crippen LogP contribution in [0.1, 0.15) is 12.5 Å². The normalized spacial score (nSPS) is 10.7. The molecule has 28 heavy (non-hydrogen) atoms. The van der Waals surface area contributed by atoms with Gasteiger partial charge in [0.1, 0.15) is 5.75 Å². The van der Waals surface area contributed by atoms with Gasteiger partial charge in [-0.15, -0.1) is 10.2 Å². The second kappa shape index (κ2) is 9.36. The van der Waals surface area contributed by atoms with Gasteiger partial charge in [0.25, 0.3) is 0 Å². The first-order valence-electron chi connectivity index (χ1n) is 8.96. The lowest BCUT2D eigenvalue weighted by molar-refractivity contribution is -0.127. The van der Waals surface area contributed by atoms with Gasteiger partial charge in [0.15, 0.2) is 11.0 Å². The molecule has 0 unspecified atom stereocenters. The molecule has 0 radical (unpaired) electrons. The average molecular weight is 398 g/mol. The molecule has 0 aliphatic rings. The van der Waals surface area contributed by atoms with Crippen LogP contribution >= 0.6 is 11.8 Å². The van der Waals surface area contributed by atoms with Crippen LogP contribution in [0, 0.1) is 0 Å². The zero-order valence-corrected chi connectivity index (χ0v) is 17.0. The minimum Gasteiger partial charge on any atom is -0.494 e. The van der Waals surface area contributed by atoms with Gasteiger partial charge >= 0.3 is 0 Å². The van der Waals surface area contributed by atoms with Gasteiger partial charge in [0.2, 0.25) is 5.91 Å². The fourth-order valence-corrected chi connectivity index (χ4v) is 3.50. The summed E-state index contributed by atoms with van der Waals surface area (Å²) in [5.74, 6) is 1.92. The van der Waals surface area contributed by atoms with Gasteiger partial charge in [-0.3, -0.25) is 9.78 Å². The Bertz CT molecular complexity index is 912. The number of hydrogen-bond acceptors (Lipinski definition) is 6. The molecule has 7 nitrogen and oxygen atoms in total. The van der Waals surface area contributed by atoms with Gasteiger partial charge in [-0.05, 0) is 36.8 Å². The van der Waals surface area contributed by atoms with Gasteiger partial charge in [0, 0.05) is 38.6 Å². The monoisotopic (exact) mass is 397 g/mol.